The summed E-state index contributed by atoms with van der Waals surface area (Å²) in [7, 11) is 0. The average molecular weight is 387 g/mol. The molecule has 2 aromatic rings. The third kappa shape index (κ3) is 5.34. The van der Waals surface area contributed by atoms with Crippen LogP contribution in [0.1, 0.15) is 34.6 Å². The summed E-state index contributed by atoms with van der Waals surface area (Å²) in [6.45, 7) is 4.09. The minimum Gasteiger partial charge on any atom is -0.462 e. The first kappa shape index (κ1) is 20.5. The van der Waals surface area contributed by atoms with Gasteiger partial charge in [0.2, 0.25) is 0 Å². The fourth-order valence-electron chi connectivity index (χ4n) is 2.16. The first-order valence-electron chi connectivity index (χ1n) is 8.19. The van der Waals surface area contributed by atoms with Crippen LogP contribution in [-0.4, -0.2) is 28.3 Å². The Kier molecular flexibility index (Phi) is 6.38. The summed E-state index contributed by atoms with van der Waals surface area (Å²) in [5.74, 6) is -1.07. The van der Waals surface area contributed by atoms with Crippen molar-refractivity contribution in [2.75, 3.05) is 11.9 Å². The Morgan fingerprint density at radius 3 is 1.96 bits per heavy atom. The summed E-state index contributed by atoms with van der Waals surface area (Å²) in [5, 5.41) is 24.3. The summed E-state index contributed by atoms with van der Waals surface area (Å²) < 4.78 is 5.10. The first-order chi connectivity index (χ1) is 13.2. The molecule has 28 heavy (non-hydrogen) atoms. The topological polar surface area (TPSA) is 142 Å². The largest absolute Gasteiger partial charge is 0.462 e. The van der Waals surface area contributed by atoms with Crippen molar-refractivity contribution in [1.29, 1.82) is 0 Å². The monoisotopic (exact) mass is 387 g/mol. The fraction of sp³-hybridized carbons (Fsp3) is 0.222. The van der Waals surface area contributed by atoms with Gasteiger partial charge in [0.05, 0.1) is 33.6 Å². The van der Waals surface area contributed by atoms with Crippen molar-refractivity contribution in [2.45, 2.75) is 13.8 Å². The first-order valence-corrected chi connectivity index (χ1v) is 8.19. The maximum atomic E-state index is 12.3. The molecule has 146 valence electrons. The van der Waals surface area contributed by atoms with Gasteiger partial charge in [-0.15, -0.1) is 0 Å². The second-order valence-electron chi connectivity index (χ2n) is 6.28. The van der Waals surface area contributed by atoms with Gasteiger partial charge in [-0.2, -0.15) is 0 Å². The molecule has 1 N–H and O–H groups in total. The Hall–Kier alpha value is -3.82. The zero-order valence-electron chi connectivity index (χ0n) is 15.1. The number of anilines is 1. The van der Waals surface area contributed by atoms with Crippen molar-refractivity contribution < 1.29 is 24.2 Å². The van der Waals surface area contributed by atoms with Crippen LogP contribution in [0.15, 0.2) is 42.5 Å². The van der Waals surface area contributed by atoms with Crippen LogP contribution in [0.25, 0.3) is 0 Å². The van der Waals surface area contributed by atoms with Gasteiger partial charge in [-0.05, 0) is 30.2 Å². The molecule has 1 amide bonds. The van der Waals surface area contributed by atoms with Crippen molar-refractivity contribution in [3.05, 3.63) is 73.8 Å². The van der Waals surface area contributed by atoms with Gasteiger partial charge in [0.25, 0.3) is 17.3 Å². The Bertz CT molecular complexity index is 891. The third-order valence-electron chi connectivity index (χ3n) is 3.51. The molecule has 0 radical (unpaired) electrons. The number of carbonyl (C=O) groups is 2. The second kappa shape index (κ2) is 8.71. The number of ether oxygens (including phenoxy) is 1. The van der Waals surface area contributed by atoms with Gasteiger partial charge in [-0.25, -0.2) is 4.79 Å². The number of nitrogens with one attached hydrogen (secondary N) is 1. The van der Waals surface area contributed by atoms with E-state index in [1.807, 2.05) is 13.8 Å². The normalized spacial score (nSPS) is 10.4. The molecule has 0 bridgehead atoms. The number of hydrogen-bond acceptors (Lipinski definition) is 7. The summed E-state index contributed by atoms with van der Waals surface area (Å²) in [5.41, 5.74) is -0.768. The lowest BCUT2D eigenvalue weighted by atomic mass is 10.1. The fourth-order valence-corrected chi connectivity index (χ4v) is 2.16. The van der Waals surface area contributed by atoms with Crippen LogP contribution in [0.4, 0.5) is 17.1 Å². The molecule has 10 heteroatoms. The van der Waals surface area contributed by atoms with E-state index in [0.29, 0.717) is 11.3 Å². The van der Waals surface area contributed by atoms with E-state index in [0.717, 1.165) is 18.2 Å². The lowest BCUT2D eigenvalue weighted by Gasteiger charge is -2.08. The summed E-state index contributed by atoms with van der Waals surface area (Å²) in [6.07, 6.45) is 0. The second-order valence-corrected chi connectivity index (χ2v) is 6.28. The van der Waals surface area contributed by atoms with Crippen LogP contribution in [-0.2, 0) is 4.74 Å². The van der Waals surface area contributed by atoms with E-state index in [4.69, 9.17) is 4.74 Å². The quantitative estimate of drug-likeness (QED) is 0.435. The van der Waals surface area contributed by atoms with Gasteiger partial charge in [0.15, 0.2) is 0 Å². The van der Waals surface area contributed by atoms with Crippen LogP contribution >= 0.6 is 0 Å². The molecular formula is C18H17N3O7. The van der Waals surface area contributed by atoms with Gasteiger partial charge < -0.3 is 10.1 Å². The van der Waals surface area contributed by atoms with Crippen molar-refractivity contribution in [3.8, 4) is 0 Å². The van der Waals surface area contributed by atoms with Crippen molar-refractivity contribution >= 4 is 28.9 Å². The molecule has 10 nitrogen and oxygen atoms in total. The number of benzene rings is 2. The molecular weight excluding hydrogens is 370 g/mol. The molecule has 0 saturated heterocycles. The molecule has 0 atom stereocenters. The van der Waals surface area contributed by atoms with Gasteiger partial charge in [0.1, 0.15) is 0 Å². The molecule has 0 aromatic heterocycles. The van der Waals surface area contributed by atoms with Crippen molar-refractivity contribution in [1.82, 2.24) is 0 Å². The standard InChI is InChI=1S/C18H17N3O7/c1-11(2)10-28-18(23)12-3-5-14(6-4-12)19-17(22)13-7-15(20(24)25)9-16(8-13)21(26)27/h3-9,11H,10H2,1-2H3,(H,19,22). The number of rotatable bonds is 7. The number of esters is 1. The van der Waals surface area contributed by atoms with E-state index in [9.17, 15) is 29.8 Å². The van der Waals surface area contributed by atoms with Gasteiger partial charge in [-0.1, -0.05) is 13.8 Å². The number of amides is 1. The predicted octanol–water partition coefficient (Wildman–Crippen LogP) is 3.57. The van der Waals surface area contributed by atoms with Gasteiger partial charge in [0, 0.05) is 17.8 Å². The molecule has 2 aromatic carbocycles. The lowest BCUT2D eigenvalue weighted by molar-refractivity contribution is -0.394. The smallest absolute Gasteiger partial charge is 0.338 e. The zero-order valence-corrected chi connectivity index (χ0v) is 15.1. The van der Waals surface area contributed by atoms with E-state index in [1.165, 1.54) is 24.3 Å². The Morgan fingerprint density at radius 1 is 0.964 bits per heavy atom. The molecule has 0 saturated carbocycles. The van der Waals surface area contributed by atoms with Crippen LogP contribution in [0.2, 0.25) is 0 Å². The number of hydrogen-bond donors (Lipinski definition) is 1. The molecule has 0 spiro atoms. The molecule has 0 heterocycles. The van der Waals surface area contributed by atoms with Crippen LogP contribution in [0.5, 0.6) is 0 Å². The molecule has 0 aliphatic heterocycles. The third-order valence-corrected chi connectivity index (χ3v) is 3.51. The van der Waals surface area contributed by atoms with Crippen molar-refractivity contribution in [2.24, 2.45) is 5.92 Å². The van der Waals surface area contributed by atoms with Crippen LogP contribution in [0.3, 0.4) is 0 Å². The summed E-state index contributed by atoms with van der Waals surface area (Å²) >= 11 is 0. The molecule has 0 aliphatic carbocycles. The number of carbonyl (C=O) groups excluding carboxylic acids is 2. The van der Waals surface area contributed by atoms with Crippen LogP contribution < -0.4 is 5.32 Å². The van der Waals surface area contributed by atoms with Gasteiger partial charge >= 0.3 is 5.97 Å². The number of nitrogens with zero attached hydrogens (tertiary/aromatic N) is 2. The number of nitro groups is 2. The summed E-state index contributed by atoms with van der Waals surface area (Å²) in [6, 6.07) is 8.47. The van der Waals surface area contributed by atoms with Crippen molar-refractivity contribution in [3.63, 3.8) is 0 Å². The van der Waals surface area contributed by atoms with Gasteiger partial charge in [-0.3, -0.25) is 25.0 Å². The predicted molar refractivity (Wildman–Crippen MR) is 99.3 cm³/mol. The SMILES string of the molecule is CC(C)COC(=O)c1ccc(NC(=O)c2cc([N+](=O)[O-])cc([N+](=O)[O-])c2)cc1. The van der Waals surface area contributed by atoms with Crippen LogP contribution in [0, 0.1) is 26.1 Å². The van der Waals surface area contributed by atoms with E-state index in [1.54, 1.807) is 0 Å². The van der Waals surface area contributed by atoms with E-state index in [-0.39, 0.29) is 18.1 Å². The molecule has 0 aliphatic rings. The Morgan fingerprint density at radius 2 is 1.50 bits per heavy atom. The molecule has 0 unspecified atom stereocenters. The Labute approximate surface area is 159 Å². The molecule has 0 fully saturated rings. The minimum absolute atomic E-state index is 0.196. The highest BCUT2D eigenvalue weighted by Gasteiger charge is 2.20. The average Bonchev–Trinajstić information content (AvgIpc) is 2.66. The number of nitro benzene ring substituents is 2. The lowest BCUT2D eigenvalue weighted by Crippen LogP contribution is -2.13. The highest BCUT2D eigenvalue weighted by atomic mass is 16.6. The highest BCUT2D eigenvalue weighted by Crippen LogP contribution is 2.23. The maximum absolute atomic E-state index is 12.3. The van der Waals surface area contributed by atoms with E-state index >= 15 is 0 Å². The number of non-ortho nitro benzene ring substituents is 2. The maximum Gasteiger partial charge on any atom is 0.338 e. The minimum atomic E-state index is -0.818. The van der Waals surface area contributed by atoms with E-state index in [2.05, 4.69) is 5.32 Å². The van der Waals surface area contributed by atoms with E-state index < -0.39 is 33.1 Å². The molecule has 2 rings (SSSR count). The highest BCUT2D eigenvalue weighted by molar-refractivity contribution is 6.05. The Balaban J connectivity index is 2.15. The summed E-state index contributed by atoms with van der Waals surface area (Å²) in [4.78, 5) is 44.4. The zero-order chi connectivity index (χ0) is 20.8.